The molecule has 2 atom stereocenters. The number of fused-ring (bicyclic) bond motifs is 1. The van der Waals surface area contributed by atoms with Gasteiger partial charge in [0.15, 0.2) is 0 Å². The van der Waals surface area contributed by atoms with Crippen LogP contribution in [-0.2, 0) is 0 Å². The van der Waals surface area contributed by atoms with E-state index in [1.807, 2.05) is 24.3 Å². The first kappa shape index (κ1) is 12.4. The van der Waals surface area contributed by atoms with Crippen LogP contribution in [-0.4, -0.2) is 22.8 Å². The summed E-state index contributed by atoms with van der Waals surface area (Å²) in [4.78, 5) is 0. The molecule has 3 rings (SSSR count). The number of ether oxygens (including phenoxy) is 1. The van der Waals surface area contributed by atoms with Crippen LogP contribution >= 0.6 is 0 Å². The lowest BCUT2D eigenvalue weighted by molar-refractivity contribution is 0.0930. The van der Waals surface area contributed by atoms with E-state index in [4.69, 9.17) is 10.5 Å². The van der Waals surface area contributed by atoms with Gasteiger partial charge in [-0.1, -0.05) is 24.6 Å². The Hall–Kier alpha value is -1.68. The molecule has 0 amide bonds. The van der Waals surface area contributed by atoms with E-state index in [0.29, 0.717) is 18.3 Å². The van der Waals surface area contributed by atoms with Crippen molar-refractivity contribution in [2.45, 2.75) is 31.8 Å². The van der Waals surface area contributed by atoms with E-state index in [1.165, 1.54) is 12.8 Å². The van der Waals surface area contributed by atoms with Crippen LogP contribution in [0.2, 0.25) is 0 Å². The summed E-state index contributed by atoms with van der Waals surface area (Å²) in [6, 6.07) is 8.05. The molecule has 0 saturated heterocycles. The lowest BCUT2D eigenvalue weighted by Gasteiger charge is -2.30. The number of hydrogen-bond donors (Lipinski definition) is 1. The monoisotopic (exact) mass is 257 g/mol. The highest BCUT2D eigenvalue weighted by atomic mass is 16.5. The number of nitrogens with two attached hydrogens (primary N) is 1. The normalized spacial score (nSPS) is 23.4. The minimum Gasteiger partial charge on any atom is -0.473 e. The van der Waals surface area contributed by atoms with Gasteiger partial charge in [0.1, 0.15) is 6.10 Å². The van der Waals surface area contributed by atoms with E-state index in [1.54, 1.807) is 6.20 Å². The third kappa shape index (κ3) is 2.54. The summed E-state index contributed by atoms with van der Waals surface area (Å²) in [6.07, 6.45) is 6.62. The summed E-state index contributed by atoms with van der Waals surface area (Å²) in [6.45, 7) is 0.683. The topological polar surface area (TPSA) is 61.0 Å². The van der Waals surface area contributed by atoms with Gasteiger partial charge in [0.25, 0.3) is 0 Å². The fourth-order valence-electron chi connectivity index (χ4n) is 2.83. The standard InChI is InChI=1S/C15H19N3O/c16-9-11-5-2-4-8-14(11)19-15-13-7-3-1-6-12(13)10-17-18-15/h1,3,6-7,10-11,14H,2,4-5,8-9,16H2. The maximum absolute atomic E-state index is 6.12. The van der Waals surface area contributed by atoms with Crippen molar-refractivity contribution in [2.24, 2.45) is 11.7 Å². The van der Waals surface area contributed by atoms with Gasteiger partial charge >= 0.3 is 0 Å². The maximum atomic E-state index is 6.12. The van der Waals surface area contributed by atoms with Gasteiger partial charge < -0.3 is 10.5 Å². The largest absolute Gasteiger partial charge is 0.473 e. The van der Waals surface area contributed by atoms with E-state index >= 15 is 0 Å². The zero-order valence-electron chi connectivity index (χ0n) is 11.0. The summed E-state index contributed by atoms with van der Waals surface area (Å²) in [7, 11) is 0. The molecule has 0 bridgehead atoms. The number of aromatic nitrogens is 2. The molecule has 0 spiro atoms. The van der Waals surface area contributed by atoms with Gasteiger partial charge in [-0.3, -0.25) is 0 Å². The Balaban J connectivity index is 1.88. The molecule has 2 N–H and O–H groups in total. The van der Waals surface area contributed by atoms with Gasteiger partial charge in [-0.15, -0.1) is 5.10 Å². The summed E-state index contributed by atoms with van der Waals surface area (Å²) in [5.74, 6) is 1.08. The second kappa shape index (κ2) is 5.53. The predicted octanol–water partition coefficient (Wildman–Crippen LogP) is 2.53. The summed E-state index contributed by atoms with van der Waals surface area (Å²) < 4.78 is 6.12. The predicted molar refractivity (Wildman–Crippen MR) is 75.0 cm³/mol. The van der Waals surface area contributed by atoms with Crippen molar-refractivity contribution in [3.05, 3.63) is 30.5 Å². The molecular formula is C15H19N3O. The van der Waals surface area contributed by atoms with Crippen molar-refractivity contribution in [2.75, 3.05) is 6.54 Å². The highest BCUT2D eigenvalue weighted by molar-refractivity contribution is 5.85. The first-order valence-electron chi connectivity index (χ1n) is 6.95. The molecule has 19 heavy (non-hydrogen) atoms. The highest BCUT2D eigenvalue weighted by Gasteiger charge is 2.26. The molecule has 1 saturated carbocycles. The van der Waals surface area contributed by atoms with Gasteiger partial charge in [-0.05, 0) is 31.9 Å². The van der Waals surface area contributed by atoms with Crippen LogP contribution in [0, 0.1) is 5.92 Å². The molecule has 1 heterocycles. The van der Waals surface area contributed by atoms with Crippen molar-refractivity contribution in [3.63, 3.8) is 0 Å². The number of benzene rings is 1. The molecule has 1 fully saturated rings. The fourth-order valence-corrected chi connectivity index (χ4v) is 2.83. The molecule has 2 unspecified atom stereocenters. The van der Waals surface area contributed by atoms with E-state index < -0.39 is 0 Å². The summed E-state index contributed by atoms with van der Waals surface area (Å²) in [5, 5.41) is 10.3. The van der Waals surface area contributed by atoms with Crippen LogP contribution in [0.5, 0.6) is 5.88 Å². The van der Waals surface area contributed by atoms with Gasteiger partial charge in [0.05, 0.1) is 6.20 Å². The molecule has 1 aliphatic rings. The highest BCUT2D eigenvalue weighted by Crippen LogP contribution is 2.29. The van der Waals surface area contributed by atoms with E-state index in [0.717, 1.165) is 23.6 Å². The molecule has 4 nitrogen and oxygen atoms in total. The van der Waals surface area contributed by atoms with Crippen molar-refractivity contribution in [1.82, 2.24) is 10.2 Å². The second-order valence-corrected chi connectivity index (χ2v) is 5.17. The molecule has 0 radical (unpaired) electrons. The van der Waals surface area contributed by atoms with Crippen LogP contribution < -0.4 is 10.5 Å². The van der Waals surface area contributed by atoms with E-state index in [2.05, 4.69) is 10.2 Å². The lowest BCUT2D eigenvalue weighted by Crippen LogP contribution is -2.35. The maximum Gasteiger partial charge on any atom is 0.241 e. The lowest BCUT2D eigenvalue weighted by atomic mass is 9.86. The quantitative estimate of drug-likeness (QED) is 0.917. The van der Waals surface area contributed by atoms with Crippen molar-refractivity contribution < 1.29 is 4.74 Å². The fraction of sp³-hybridized carbons (Fsp3) is 0.467. The number of hydrogen-bond acceptors (Lipinski definition) is 4. The Labute approximate surface area is 113 Å². The van der Waals surface area contributed by atoms with E-state index in [9.17, 15) is 0 Å². The Morgan fingerprint density at radius 3 is 2.95 bits per heavy atom. The molecular weight excluding hydrogens is 238 g/mol. The van der Waals surface area contributed by atoms with Crippen LogP contribution in [0.4, 0.5) is 0 Å². The molecule has 1 aromatic heterocycles. The summed E-state index contributed by atoms with van der Waals surface area (Å²) in [5.41, 5.74) is 5.84. The minimum atomic E-state index is 0.179. The SMILES string of the molecule is NCC1CCCCC1Oc1nncc2ccccc12. The van der Waals surface area contributed by atoms with Crippen LogP contribution in [0.3, 0.4) is 0 Å². The smallest absolute Gasteiger partial charge is 0.241 e. The Kier molecular flexibility index (Phi) is 3.60. The van der Waals surface area contributed by atoms with E-state index in [-0.39, 0.29) is 6.10 Å². The first-order chi connectivity index (χ1) is 9.38. The van der Waals surface area contributed by atoms with Gasteiger partial charge in [0, 0.05) is 16.7 Å². The first-order valence-corrected chi connectivity index (χ1v) is 6.95. The zero-order chi connectivity index (χ0) is 13.1. The van der Waals surface area contributed by atoms with Crippen LogP contribution in [0.25, 0.3) is 10.8 Å². The molecule has 2 aromatic rings. The second-order valence-electron chi connectivity index (χ2n) is 5.17. The number of nitrogens with zero attached hydrogens (tertiary/aromatic N) is 2. The molecule has 1 aromatic carbocycles. The van der Waals surface area contributed by atoms with Gasteiger partial charge in [-0.25, -0.2) is 0 Å². The van der Waals surface area contributed by atoms with Crippen molar-refractivity contribution in [3.8, 4) is 5.88 Å². The van der Waals surface area contributed by atoms with Gasteiger partial charge in [-0.2, -0.15) is 5.10 Å². The minimum absolute atomic E-state index is 0.179. The third-order valence-corrected chi connectivity index (χ3v) is 3.94. The average molecular weight is 257 g/mol. The van der Waals surface area contributed by atoms with Crippen LogP contribution in [0.15, 0.2) is 30.5 Å². The zero-order valence-corrected chi connectivity index (χ0v) is 11.0. The number of rotatable bonds is 3. The Bertz CT molecular complexity index is 553. The summed E-state index contributed by atoms with van der Waals surface area (Å²) >= 11 is 0. The van der Waals surface area contributed by atoms with Crippen LogP contribution in [0.1, 0.15) is 25.7 Å². The third-order valence-electron chi connectivity index (χ3n) is 3.94. The van der Waals surface area contributed by atoms with Crippen molar-refractivity contribution >= 4 is 10.8 Å². The van der Waals surface area contributed by atoms with Gasteiger partial charge in [0.2, 0.25) is 5.88 Å². The molecule has 4 heteroatoms. The molecule has 0 aliphatic heterocycles. The molecule has 100 valence electrons. The van der Waals surface area contributed by atoms with Crippen molar-refractivity contribution in [1.29, 1.82) is 0 Å². The average Bonchev–Trinajstić information content (AvgIpc) is 2.48. The Morgan fingerprint density at radius 1 is 1.21 bits per heavy atom. The molecule has 1 aliphatic carbocycles. The Morgan fingerprint density at radius 2 is 2.05 bits per heavy atom.